The zero-order valence-corrected chi connectivity index (χ0v) is 20.0. The smallest absolute Gasteiger partial charge is 0.256 e. The molecule has 1 heterocycles. The van der Waals surface area contributed by atoms with Crippen LogP contribution in [0.25, 0.3) is 5.57 Å². The monoisotopic (exact) mass is 472 g/mol. The molecule has 2 amide bonds. The summed E-state index contributed by atoms with van der Waals surface area (Å²) in [5.41, 5.74) is 6.04. The van der Waals surface area contributed by atoms with Crippen molar-refractivity contribution < 1.29 is 19.1 Å². The molecule has 7 N–H and O–H groups in total. The molecule has 10 heteroatoms. The fraction of sp³-hybridized carbons (Fsp3) is 0.458. The van der Waals surface area contributed by atoms with Crippen LogP contribution in [-0.2, 0) is 9.59 Å². The van der Waals surface area contributed by atoms with E-state index in [1.54, 1.807) is 6.92 Å². The summed E-state index contributed by atoms with van der Waals surface area (Å²) in [7, 11) is 0. The zero-order valence-electron chi connectivity index (χ0n) is 20.0. The maximum absolute atomic E-state index is 14.7. The number of anilines is 1. The number of hydrogen-bond donors (Lipinski definition) is 6. The third-order valence-electron chi connectivity index (χ3n) is 6.02. The molecule has 1 aliphatic rings. The molecule has 0 saturated heterocycles. The highest BCUT2D eigenvalue weighted by Gasteiger charge is 2.33. The van der Waals surface area contributed by atoms with E-state index in [1.807, 2.05) is 0 Å². The zero-order chi connectivity index (χ0) is 25.6. The summed E-state index contributed by atoms with van der Waals surface area (Å²) in [5, 5.41) is 30.0. The summed E-state index contributed by atoms with van der Waals surface area (Å²) >= 11 is 0. The van der Waals surface area contributed by atoms with Crippen LogP contribution in [0, 0.1) is 28.6 Å². The van der Waals surface area contributed by atoms with Crippen molar-refractivity contribution in [1.82, 2.24) is 10.3 Å². The van der Waals surface area contributed by atoms with Crippen LogP contribution in [0.1, 0.15) is 58.9 Å². The number of allylic oxidation sites excluding steroid dienone is 2. The molecule has 0 unspecified atom stereocenters. The lowest BCUT2D eigenvalue weighted by molar-refractivity contribution is -0.125. The van der Waals surface area contributed by atoms with Crippen LogP contribution in [0.4, 0.5) is 10.2 Å². The minimum Gasteiger partial charge on any atom is -0.515 e. The third kappa shape index (κ3) is 6.49. The molecule has 0 bridgehead atoms. The van der Waals surface area contributed by atoms with Gasteiger partial charge in [-0.3, -0.25) is 9.59 Å². The second-order valence-electron chi connectivity index (χ2n) is 8.85. The molecule has 1 aromatic heterocycles. The highest BCUT2D eigenvalue weighted by Crippen LogP contribution is 2.31. The van der Waals surface area contributed by atoms with E-state index in [1.165, 1.54) is 26.0 Å². The Kier molecular flexibility index (Phi) is 9.05. The summed E-state index contributed by atoms with van der Waals surface area (Å²) < 4.78 is 14.7. The number of amides is 2. The second kappa shape index (κ2) is 11.5. The number of rotatable bonds is 8. The maximum Gasteiger partial charge on any atom is 0.256 e. The van der Waals surface area contributed by atoms with Crippen molar-refractivity contribution in [2.24, 2.45) is 17.6 Å². The normalized spacial score (nSPS) is 20.1. The molecule has 184 valence electrons. The number of halogens is 1. The largest absolute Gasteiger partial charge is 0.515 e. The summed E-state index contributed by atoms with van der Waals surface area (Å²) in [6.07, 6.45) is 3.76. The number of aromatic nitrogens is 1. The summed E-state index contributed by atoms with van der Waals surface area (Å²) in [4.78, 5) is 29.6. The Morgan fingerprint density at radius 3 is 2.26 bits per heavy atom. The number of nitrogens with zero attached hydrogens (tertiary/aromatic N) is 1. The third-order valence-corrected chi connectivity index (χ3v) is 6.02. The molecular formula is C24H33FN6O3. The number of carbonyl (C=O) groups is 2. The molecule has 1 aromatic rings. The summed E-state index contributed by atoms with van der Waals surface area (Å²) in [6, 6.07) is 1.84. The lowest BCUT2D eigenvalue weighted by atomic mass is 9.79. The Morgan fingerprint density at radius 2 is 1.79 bits per heavy atom. The van der Waals surface area contributed by atoms with Gasteiger partial charge < -0.3 is 32.3 Å². The molecule has 0 spiro atoms. The van der Waals surface area contributed by atoms with E-state index in [0.29, 0.717) is 25.0 Å². The van der Waals surface area contributed by atoms with Gasteiger partial charge in [-0.2, -0.15) is 4.39 Å². The van der Waals surface area contributed by atoms with Crippen molar-refractivity contribution in [1.29, 1.82) is 10.8 Å². The van der Waals surface area contributed by atoms with E-state index in [9.17, 15) is 19.1 Å². The molecule has 34 heavy (non-hydrogen) atoms. The van der Waals surface area contributed by atoms with Gasteiger partial charge in [-0.1, -0.05) is 19.8 Å². The predicted molar refractivity (Wildman–Crippen MR) is 130 cm³/mol. The number of hydrogen-bond acceptors (Lipinski definition) is 7. The Hall–Kier alpha value is -3.56. The Bertz CT molecular complexity index is 1040. The lowest BCUT2D eigenvalue weighted by Crippen LogP contribution is -2.50. The van der Waals surface area contributed by atoms with Crippen LogP contribution >= 0.6 is 0 Å². The van der Waals surface area contributed by atoms with Crippen molar-refractivity contribution in [3.63, 3.8) is 0 Å². The maximum atomic E-state index is 14.7. The minimum atomic E-state index is -0.954. The van der Waals surface area contributed by atoms with Gasteiger partial charge in [0.2, 0.25) is 11.9 Å². The van der Waals surface area contributed by atoms with Crippen LogP contribution in [-0.4, -0.2) is 39.4 Å². The minimum absolute atomic E-state index is 0.0486. The Balaban J connectivity index is 2.30. The quantitative estimate of drug-likeness (QED) is 0.147. The summed E-state index contributed by atoms with van der Waals surface area (Å²) in [6.45, 7) is 6.54. The van der Waals surface area contributed by atoms with Gasteiger partial charge in [0.1, 0.15) is 11.9 Å². The number of carbonyl (C=O) groups excluding carboxylic acids is 2. The van der Waals surface area contributed by atoms with Crippen LogP contribution in [0.3, 0.4) is 0 Å². The number of aliphatic hydroxyl groups is 1. The fourth-order valence-corrected chi connectivity index (χ4v) is 4.17. The van der Waals surface area contributed by atoms with Crippen molar-refractivity contribution in [2.45, 2.75) is 59.4 Å². The number of aliphatic hydroxyl groups excluding tert-OH is 1. The molecule has 0 aliphatic heterocycles. The highest BCUT2D eigenvalue weighted by molar-refractivity contribution is 6.22. The van der Waals surface area contributed by atoms with Crippen LogP contribution in [0.15, 0.2) is 29.7 Å². The van der Waals surface area contributed by atoms with Gasteiger partial charge in [0, 0.05) is 28.3 Å². The molecule has 1 fully saturated rings. The predicted octanol–water partition coefficient (Wildman–Crippen LogP) is 3.68. The first-order valence-electron chi connectivity index (χ1n) is 11.2. The van der Waals surface area contributed by atoms with Gasteiger partial charge in [-0.05, 0) is 57.6 Å². The van der Waals surface area contributed by atoms with E-state index < -0.39 is 23.8 Å². The van der Waals surface area contributed by atoms with Gasteiger partial charge in [-0.25, -0.2) is 4.98 Å². The average Bonchev–Trinajstić information content (AvgIpc) is 2.74. The molecule has 1 aliphatic carbocycles. The van der Waals surface area contributed by atoms with E-state index in [2.05, 4.69) is 22.5 Å². The fourth-order valence-electron chi connectivity index (χ4n) is 4.17. The Labute approximate surface area is 198 Å². The molecule has 1 saturated carbocycles. The number of pyridine rings is 1. The van der Waals surface area contributed by atoms with Gasteiger partial charge in [0.25, 0.3) is 5.91 Å². The van der Waals surface area contributed by atoms with Crippen molar-refractivity contribution in [2.75, 3.05) is 5.32 Å². The van der Waals surface area contributed by atoms with Gasteiger partial charge in [0.05, 0.1) is 11.8 Å². The van der Waals surface area contributed by atoms with Crippen molar-refractivity contribution >= 4 is 34.6 Å². The lowest BCUT2D eigenvalue weighted by Gasteiger charge is -2.32. The van der Waals surface area contributed by atoms with Crippen LogP contribution in [0.5, 0.6) is 0 Å². The number of nitrogens with one attached hydrogen (secondary N) is 4. The van der Waals surface area contributed by atoms with Crippen LogP contribution < -0.4 is 16.4 Å². The average molecular weight is 473 g/mol. The van der Waals surface area contributed by atoms with E-state index in [4.69, 9.17) is 16.6 Å². The standard InChI is InChI=1S/C24H33FN6O3/c1-12-5-7-16(8-6-12)21(31-23(33)18(11-32)13(2)26)24(34)30-19-10-9-17(22(25)29-19)20(14(3)27)15(4)28/h9-12,16,21,26-27,32H,5-8,28H2,1-4H3,(H,31,33)(H,29,30,34)/b18-11+,20-15?,26-13?,27-14?/t12?,16?,21-/m0/s1. The van der Waals surface area contributed by atoms with E-state index in [-0.39, 0.29) is 45.6 Å². The van der Waals surface area contributed by atoms with E-state index >= 15 is 0 Å². The molecular weight excluding hydrogens is 439 g/mol. The molecule has 2 rings (SSSR count). The molecule has 0 radical (unpaired) electrons. The van der Waals surface area contributed by atoms with Gasteiger partial charge >= 0.3 is 0 Å². The highest BCUT2D eigenvalue weighted by atomic mass is 19.1. The Morgan fingerprint density at radius 1 is 1.18 bits per heavy atom. The molecule has 0 aromatic carbocycles. The first kappa shape index (κ1) is 26.7. The van der Waals surface area contributed by atoms with Gasteiger partial charge in [-0.15, -0.1) is 0 Å². The number of nitrogens with two attached hydrogens (primary N) is 1. The molecule has 9 nitrogen and oxygen atoms in total. The first-order valence-corrected chi connectivity index (χ1v) is 11.2. The van der Waals surface area contributed by atoms with E-state index in [0.717, 1.165) is 12.8 Å². The van der Waals surface area contributed by atoms with Crippen molar-refractivity contribution in [3.05, 3.63) is 41.2 Å². The van der Waals surface area contributed by atoms with Gasteiger partial charge in [0.15, 0.2) is 0 Å². The van der Waals surface area contributed by atoms with Crippen molar-refractivity contribution in [3.8, 4) is 0 Å². The summed E-state index contributed by atoms with van der Waals surface area (Å²) in [5.74, 6) is -1.89. The topological polar surface area (TPSA) is 165 Å². The second-order valence-corrected chi connectivity index (χ2v) is 8.85. The first-order chi connectivity index (χ1) is 16.0. The van der Waals surface area contributed by atoms with Crippen LogP contribution in [0.2, 0.25) is 0 Å². The SMILES string of the molecule is CC(=N)C(=C(C)N)c1ccc(NC(=O)[C@@H](NC(=O)/C(=C/O)C(C)=N)C2CCC(C)CC2)nc1F. The molecule has 1 atom stereocenters.